The zero-order chi connectivity index (χ0) is 17.2. The van der Waals surface area contributed by atoms with E-state index in [1.807, 2.05) is 62.4 Å². The molecule has 1 aliphatic rings. The first-order valence-corrected chi connectivity index (χ1v) is 8.18. The number of nitrogens with zero attached hydrogens (tertiary/aromatic N) is 1. The van der Waals surface area contributed by atoms with Crippen LogP contribution in [0.4, 0.5) is 0 Å². The molecule has 1 heterocycles. The Morgan fingerprint density at radius 3 is 2.46 bits per heavy atom. The van der Waals surface area contributed by atoms with Crippen molar-refractivity contribution in [3.05, 3.63) is 65.2 Å². The summed E-state index contributed by atoms with van der Waals surface area (Å²) in [5.74, 6) is 0.664. The Morgan fingerprint density at radius 2 is 1.83 bits per heavy atom. The number of aryl methyl sites for hydroxylation is 2. The van der Waals surface area contributed by atoms with Crippen LogP contribution in [0.3, 0.4) is 0 Å². The van der Waals surface area contributed by atoms with Crippen LogP contribution in [0.25, 0.3) is 0 Å². The number of carbonyl (C=O) groups excluding carboxylic acids is 1. The minimum atomic E-state index is -0.336. The van der Waals surface area contributed by atoms with Gasteiger partial charge in [-0.2, -0.15) is 0 Å². The van der Waals surface area contributed by atoms with Crippen LogP contribution in [0.15, 0.2) is 48.5 Å². The fourth-order valence-electron chi connectivity index (χ4n) is 3.07. The van der Waals surface area contributed by atoms with Crippen molar-refractivity contribution < 1.29 is 14.6 Å². The van der Waals surface area contributed by atoms with Crippen LogP contribution >= 0.6 is 0 Å². The lowest BCUT2D eigenvalue weighted by atomic mass is 9.74. The number of hydrogen-bond acceptors (Lipinski definition) is 3. The summed E-state index contributed by atoms with van der Waals surface area (Å²) in [6.07, 6.45) is 0. The van der Waals surface area contributed by atoms with Gasteiger partial charge in [0, 0.05) is 13.1 Å². The van der Waals surface area contributed by atoms with Crippen molar-refractivity contribution in [2.45, 2.75) is 19.3 Å². The molecule has 0 saturated carbocycles. The molecule has 0 bridgehead atoms. The number of carbonyl (C=O) groups is 1. The monoisotopic (exact) mass is 325 g/mol. The molecule has 0 aromatic heterocycles. The van der Waals surface area contributed by atoms with Gasteiger partial charge >= 0.3 is 0 Å². The average Bonchev–Trinajstić information content (AvgIpc) is 2.56. The molecule has 3 rings (SSSR count). The van der Waals surface area contributed by atoms with E-state index in [1.165, 1.54) is 5.56 Å². The molecule has 1 N–H and O–H groups in total. The average molecular weight is 325 g/mol. The van der Waals surface area contributed by atoms with Gasteiger partial charge in [-0.15, -0.1) is 0 Å². The fourth-order valence-corrected chi connectivity index (χ4v) is 3.07. The number of aliphatic hydroxyl groups excluding tert-OH is 1. The third kappa shape index (κ3) is 3.15. The maximum absolute atomic E-state index is 12.3. The highest BCUT2D eigenvalue weighted by molar-refractivity contribution is 5.79. The van der Waals surface area contributed by atoms with Crippen molar-refractivity contribution in [2.24, 2.45) is 0 Å². The van der Waals surface area contributed by atoms with Crippen LogP contribution in [0.1, 0.15) is 16.7 Å². The zero-order valence-electron chi connectivity index (χ0n) is 14.2. The Hall–Kier alpha value is -2.33. The molecule has 4 nitrogen and oxygen atoms in total. The van der Waals surface area contributed by atoms with E-state index in [1.54, 1.807) is 4.90 Å². The summed E-state index contributed by atoms with van der Waals surface area (Å²) < 4.78 is 5.61. The van der Waals surface area contributed by atoms with Crippen LogP contribution in [-0.2, 0) is 10.2 Å². The summed E-state index contributed by atoms with van der Waals surface area (Å²) in [7, 11) is 0. The molecule has 1 aliphatic heterocycles. The minimum Gasteiger partial charge on any atom is -0.484 e. The highest BCUT2D eigenvalue weighted by Gasteiger charge is 2.45. The molecule has 0 atom stereocenters. The van der Waals surface area contributed by atoms with E-state index in [0.717, 1.165) is 11.1 Å². The normalized spacial score (nSPS) is 15.7. The molecule has 0 aliphatic carbocycles. The first kappa shape index (κ1) is 16.5. The van der Waals surface area contributed by atoms with Gasteiger partial charge in [0.2, 0.25) is 0 Å². The molecule has 2 aromatic rings. The van der Waals surface area contributed by atoms with Gasteiger partial charge in [0.15, 0.2) is 6.61 Å². The molecule has 4 heteroatoms. The van der Waals surface area contributed by atoms with Crippen molar-refractivity contribution in [1.29, 1.82) is 0 Å². The standard InChI is InChI=1S/C20H23NO3/c1-15-8-9-18(10-16(15)2)24-11-19(23)21-12-20(13-21,14-22)17-6-4-3-5-7-17/h3-10,22H,11-14H2,1-2H3. The van der Waals surface area contributed by atoms with E-state index in [0.29, 0.717) is 18.8 Å². The molecule has 1 amide bonds. The number of rotatable bonds is 5. The molecule has 126 valence electrons. The van der Waals surface area contributed by atoms with Crippen molar-refractivity contribution in [1.82, 2.24) is 4.90 Å². The van der Waals surface area contributed by atoms with E-state index in [2.05, 4.69) is 0 Å². The van der Waals surface area contributed by atoms with Crippen molar-refractivity contribution in [2.75, 3.05) is 26.3 Å². The second-order valence-corrected chi connectivity index (χ2v) is 6.59. The summed E-state index contributed by atoms with van der Waals surface area (Å²) in [6, 6.07) is 15.7. The third-order valence-electron chi connectivity index (χ3n) is 4.87. The van der Waals surface area contributed by atoms with Crippen molar-refractivity contribution in [3.8, 4) is 5.75 Å². The Bertz CT molecular complexity index is 721. The molecular weight excluding hydrogens is 302 g/mol. The van der Waals surface area contributed by atoms with Gasteiger partial charge in [0.25, 0.3) is 5.91 Å². The Kier molecular flexibility index (Phi) is 4.58. The van der Waals surface area contributed by atoms with Gasteiger partial charge < -0.3 is 14.7 Å². The number of benzene rings is 2. The smallest absolute Gasteiger partial charge is 0.260 e. The number of aliphatic hydroxyl groups is 1. The van der Waals surface area contributed by atoms with Gasteiger partial charge in [-0.3, -0.25) is 4.79 Å². The second kappa shape index (κ2) is 6.65. The topological polar surface area (TPSA) is 49.8 Å². The summed E-state index contributed by atoms with van der Waals surface area (Å²) in [5, 5.41) is 9.78. The molecule has 0 radical (unpaired) electrons. The lowest BCUT2D eigenvalue weighted by Gasteiger charge is -2.49. The molecule has 0 spiro atoms. The van der Waals surface area contributed by atoms with Crippen LogP contribution in [0.5, 0.6) is 5.75 Å². The van der Waals surface area contributed by atoms with E-state index < -0.39 is 0 Å². The quantitative estimate of drug-likeness (QED) is 0.919. The van der Waals surface area contributed by atoms with Gasteiger partial charge in [-0.05, 0) is 42.7 Å². The first-order valence-electron chi connectivity index (χ1n) is 8.18. The van der Waals surface area contributed by atoms with Crippen LogP contribution < -0.4 is 4.74 Å². The van der Waals surface area contributed by atoms with E-state index in [-0.39, 0.29) is 24.5 Å². The third-order valence-corrected chi connectivity index (χ3v) is 4.87. The van der Waals surface area contributed by atoms with E-state index in [4.69, 9.17) is 4.74 Å². The lowest BCUT2D eigenvalue weighted by Crippen LogP contribution is -2.63. The van der Waals surface area contributed by atoms with Gasteiger partial charge in [0.05, 0.1) is 12.0 Å². The second-order valence-electron chi connectivity index (χ2n) is 6.59. The molecular formula is C20H23NO3. The summed E-state index contributed by atoms with van der Waals surface area (Å²) >= 11 is 0. The molecule has 1 saturated heterocycles. The van der Waals surface area contributed by atoms with Crippen LogP contribution in [0.2, 0.25) is 0 Å². The Labute approximate surface area is 142 Å². The fraction of sp³-hybridized carbons (Fsp3) is 0.350. The SMILES string of the molecule is Cc1ccc(OCC(=O)N2CC(CO)(c3ccccc3)C2)cc1C. The van der Waals surface area contributed by atoms with E-state index >= 15 is 0 Å². The summed E-state index contributed by atoms with van der Waals surface area (Å²) in [4.78, 5) is 14.0. The van der Waals surface area contributed by atoms with Crippen LogP contribution in [-0.4, -0.2) is 42.2 Å². The minimum absolute atomic E-state index is 0.0266. The van der Waals surface area contributed by atoms with Crippen LogP contribution in [0, 0.1) is 13.8 Å². The number of likely N-dealkylation sites (tertiary alicyclic amines) is 1. The van der Waals surface area contributed by atoms with Crippen molar-refractivity contribution >= 4 is 5.91 Å². The van der Waals surface area contributed by atoms with Gasteiger partial charge in [-0.25, -0.2) is 0 Å². The predicted molar refractivity (Wildman–Crippen MR) is 93.2 cm³/mol. The van der Waals surface area contributed by atoms with E-state index in [9.17, 15) is 9.90 Å². The number of hydrogen-bond donors (Lipinski definition) is 1. The van der Waals surface area contributed by atoms with Gasteiger partial charge in [0.1, 0.15) is 5.75 Å². The molecule has 24 heavy (non-hydrogen) atoms. The first-order chi connectivity index (χ1) is 11.5. The maximum atomic E-state index is 12.3. The van der Waals surface area contributed by atoms with Crippen molar-refractivity contribution in [3.63, 3.8) is 0 Å². The lowest BCUT2D eigenvalue weighted by molar-refractivity contribution is -0.142. The summed E-state index contributed by atoms with van der Waals surface area (Å²) in [5.41, 5.74) is 3.09. The zero-order valence-corrected chi connectivity index (χ0v) is 14.2. The Balaban J connectivity index is 1.57. The molecule has 0 unspecified atom stereocenters. The highest BCUT2D eigenvalue weighted by atomic mass is 16.5. The predicted octanol–water partition coefficient (Wildman–Crippen LogP) is 2.45. The number of amides is 1. The molecule has 1 fully saturated rings. The largest absolute Gasteiger partial charge is 0.484 e. The molecule has 2 aromatic carbocycles. The van der Waals surface area contributed by atoms with Gasteiger partial charge in [-0.1, -0.05) is 36.4 Å². The number of ether oxygens (including phenoxy) is 1. The highest BCUT2D eigenvalue weighted by Crippen LogP contribution is 2.34. The summed E-state index contributed by atoms with van der Waals surface area (Å²) in [6.45, 7) is 5.19. The Morgan fingerprint density at radius 1 is 1.12 bits per heavy atom. The maximum Gasteiger partial charge on any atom is 0.260 e.